The number of aromatic nitrogens is 1. The molecule has 0 radical (unpaired) electrons. The number of benzene rings is 1. The van der Waals surface area contributed by atoms with Crippen molar-refractivity contribution in [2.24, 2.45) is 5.92 Å². The third kappa shape index (κ3) is 1.84. The molecule has 1 aliphatic rings. The van der Waals surface area contributed by atoms with Crippen LogP contribution in [-0.2, 0) is 6.42 Å². The number of rotatable bonds is 3. The van der Waals surface area contributed by atoms with E-state index >= 15 is 0 Å². The van der Waals surface area contributed by atoms with E-state index in [0.29, 0.717) is 0 Å². The SMILES string of the molecule is CCc1ccnc2ccc(C3CC3CC)cc12. The fourth-order valence-electron chi connectivity index (χ4n) is 2.87. The molecule has 88 valence electrons. The monoisotopic (exact) mass is 225 g/mol. The van der Waals surface area contributed by atoms with Gasteiger partial charge in [0.05, 0.1) is 5.52 Å². The van der Waals surface area contributed by atoms with Gasteiger partial charge in [0, 0.05) is 11.6 Å². The van der Waals surface area contributed by atoms with Gasteiger partial charge in [-0.1, -0.05) is 26.3 Å². The van der Waals surface area contributed by atoms with Gasteiger partial charge < -0.3 is 0 Å². The molecule has 2 aromatic rings. The normalized spacial score (nSPS) is 22.9. The van der Waals surface area contributed by atoms with Crippen LogP contribution in [-0.4, -0.2) is 4.98 Å². The summed E-state index contributed by atoms with van der Waals surface area (Å²) in [6.07, 6.45) is 5.71. The molecule has 0 bridgehead atoms. The first-order valence-corrected chi connectivity index (χ1v) is 6.71. The highest BCUT2D eigenvalue weighted by Crippen LogP contribution is 2.49. The zero-order chi connectivity index (χ0) is 11.8. The van der Waals surface area contributed by atoms with Crippen molar-refractivity contribution in [1.82, 2.24) is 4.98 Å². The highest BCUT2D eigenvalue weighted by Gasteiger charge is 2.36. The van der Waals surface area contributed by atoms with Crippen molar-refractivity contribution in [2.75, 3.05) is 0 Å². The first-order valence-electron chi connectivity index (χ1n) is 6.71. The van der Waals surface area contributed by atoms with Gasteiger partial charge in [0.15, 0.2) is 0 Å². The summed E-state index contributed by atoms with van der Waals surface area (Å²) < 4.78 is 0. The fraction of sp³-hybridized carbons (Fsp3) is 0.438. The van der Waals surface area contributed by atoms with Crippen molar-refractivity contribution in [3.05, 3.63) is 41.6 Å². The maximum Gasteiger partial charge on any atom is 0.0704 e. The Morgan fingerprint density at radius 2 is 2.12 bits per heavy atom. The molecule has 1 saturated carbocycles. The second-order valence-electron chi connectivity index (χ2n) is 5.11. The number of nitrogens with zero attached hydrogens (tertiary/aromatic N) is 1. The molecule has 0 N–H and O–H groups in total. The second-order valence-corrected chi connectivity index (χ2v) is 5.11. The minimum absolute atomic E-state index is 0.814. The van der Waals surface area contributed by atoms with Gasteiger partial charge in [-0.15, -0.1) is 0 Å². The maximum atomic E-state index is 4.45. The van der Waals surface area contributed by atoms with Gasteiger partial charge in [-0.25, -0.2) is 0 Å². The van der Waals surface area contributed by atoms with Gasteiger partial charge in [0.2, 0.25) is 0 Å². The van der Waals surface area contributed by atoms with Crippen LogP contribution in [0.4, 0.5) is 0 Å². The Hall–Kier alpha value is -1.37. The lowest BCUT2D eigenvalue weighted by molar-refractivity contribution is 0.766. The molecular formula is C16H19N. The van der Waals surface area contributed by atoms with Crippen LogP contribution in [0.2, 0.25) is 0 Å². The number of fused-ring (bicyclic) bond motifs is 1. The van der Waals surface area contributed by atoms with Crippen LogP contribution in [0, 0.1) is 5.92 Å². The molecular weight excluding hydrogens is 206 g/mol. The van der Waals surface area contributed by atoms with Crippen molar-refractivity contribution in [3.8, 4) is 0 Å². The van der Waals surface area contributed by atoms with Crippen molar-refractivity contribution in [1.29, 1.82) is 0 Å². The summed E-state index contributed by atoms with van der Waals surface area (Å²) in [5.41, 5.74) is 4.08. The lowest BCUT2D eigenvalue weighted by atomic mass is 10.0. The average molecular weight is 225 g/mol. The van der Waals surface area contributed by atoms with Gasteiger partial charge in [0.25, 0.3) is 0 Å². The number of pyridine rings is 1. The molecule has 0 amide bonds. The molecule has 1 nitrogen and oxygen atoms in total. The lowest BCUT2D eigenvalue weighted by Gasteiger charge is -2.06. The molecule has 1 heterocycles. The Labute approximate surface area is 103 Å². The third-order valence-corrected chi connectivity index (χ3v) is 4.11. The van der Waals surface area contributed by atoms with Crippen LogP contribution in [0.15, 0.2) is 30.5 Å². The van der Waals surface area contributed by atoms with Crippen LogP contribution in [0.25, 0.3) is 10.9 Å². The van der Waals surface area contributed by atoms with Crippen molar-refractivity contribution in [3.63, 3.8) is 0 Å². The van der Waals surface area contributed by atoms with E-state index in [1.54, 1.807) is 0 Å². The smallest absolute Gasteiger partial charge is 0.0704 e. The molecule has 0 aliphatic heterocycles. The summed E-state index contributed by atoms with van der Waals surface area (Å²) in [5, 5.41) is 1.36. The standard InChI is InChI=1S/C16H19N/c1-3-11-7-8-17-16-6-5-13(10-15(11)16)14-9-12(14)4-2/h5-8,10,12,14H,3-4,9H2,1-2H3. The van der Waals surface area contributed by atoms with Crippen LogP contribution < -0.4 is 0 Å². The minimum atomic E-state index is 0.814. The average Bonchev–Trinajstić information content (AvgIpc) is 3.17. The van der Waals surface area contributed by atoms with Crippen molar-refractivity contribution >= 4 is 10.9 Å². The minimum Gasteiger partial charge on any atom is -0.256 e. The summed E-state index contributed by atoms with van der Waals surface area (Å²) in [7, 11) is 0. The Morgan fingerprint density at radius 1 is 1.24 bits per heavy atom. The van der Waals surface area contributed by atoms with Crippen molar-refractivity contribution in [2.45, 2.75) is 39.0 Å². The summed E-state index contributed by atoms with van der Waals surface area (Å²) in [6.45, 7) is 4.51. The summed E-state index contributed by atoms with van der Waals surface area (Å²) in [6, 6.07) is 8.99. The maximum absolute atomic E-state index is 4.45. The topological polar surface area (TPSA) is 12.9 Å². The zero-order valence-corrected chi connectivity index (χ0v) is 10.6. The Balaban J connectivity index is 2.06. The Kier molecular flexibility index (Phi) is 2.62. The van der Waals surface area contributed by atoms with E-state index in [4.69, 9.17) is 0 Å². The van der Waals surface area contributed by atoms with Gasteiger partial charge in [-0.05, 0) is 54.0 Å². The molecule has 1 aromatic carbocycles. The van der Waals surface area contributed by atoms with E-state index in [1.807, 2.05) is 6.20 Å². The van der Waals surface area contributed by atoms with Crippen LogP contribution >= 0.6 is 0 Å². The Bertz CT molecular complexity index is 544. The van der Waals surface area contributed by atoms with Crippen LogP contribution in [0.3, 0.4) is 0 Å². The zero-order valence-electron chi connectivity index (χ0n) is 10.6. The Morgan fingerprint density at radius 3 is 2.82 bits per heavy atom. The van der Waals surface area contributed by atoms with E-state index in [9.17, 15) is 0 Å². The summed E-state index contributed by atoms with van der Waals surface area (Å²) >= 11 is 0. The molecule has 0 spiro atoms. The van der Waals surface area contributed by atoms with Gasteiger partial charge in [0.1, 0.15) is 0 Å². The first-order chi connectivity index (χ1) is 8.33. The molecule has 1 heteroatoms. The molecule has 2 atom stereocenters. The van der Waals surface area contributed by atoms with E-state index in [-0.39, 0.29) is 0 Å². The second kappa shape index (κ2) is 4.14. The van der Waals surface area contributed by atoms with Gasteiger partial charge in [-0.3, -0.25) is 4.98 Å². The third-order valence-electron chi connectivity index (χ3n) is 4.11. The molecule has 1 aliphatic carbocycles. The molecule has 1 fully saturated rings. The molecule has 1 aromatic heterocycles. The molecule has 0 saturated heterocycles. The van der Waals surface area contributed by atoms with Crippen LogP contribution in [0.5, 0.6) is 0 Å². The summed E-state index contributed by atoms with van der Waals surface area (Å²) in [5.74, 6) is 1.74. The van der Waals surface area contributed by atoms with Gasteiger partial charge >= 0.3 is 0 Å². The lowest BCUT2D eigenvalue weighted by Crippen LogP contribution is -1.89. The van der Waals surface area contributed by atoms with Gasteiger partial charge in [-0.2, -0.15) is 0 Å². The number of hydrogen-bond acceptors (Lipinski definition) is 1. The predicted molar refractivity (Wildman–Crippen MR) is 72.3 cm³/mol. The van der Waals surface area contributed by atoms with Crippen molar-refractivity contribution < 1.29 is 0 Å². The van der Waals surface area contributed by atoms with E-state index in [1.165, 1.54) is 29.4 Å². The predicted octanol–water partition coefficient (Wildman–Crippen LogP) is 4.31. The summed E-state index contributed by atoms with van der Waals surface area (Å²) in [4.78, 5) is 4.45. The first kappa shape index (κ1) is 10.8. The largest absolute Gasteiger partial charge is 0.256 e. The van der Waals surface area contributed by atoms with Crippen LogP contribution in [0.1, 0.15) is 43.7 Å². The fourth-order valence-corrected chi connectivity index (χ4v) is 2.87. The molecule has 2 unspecified atom stereocenters. The molecule has 3 rings (SSSR count). The highest BCUT2D eigenvalue weighted by molar-refractivity contribution is 5.83. The number of hydrogen-bond donors (Lipinski definition) is 0. The highest BCUT2D eigenvalue weighted by atomic mass is 14.6. The van der Waals surface area contributed by atoms with E-state index in [2.05, 4.69) is 43.1 Å². The quantitative estimate of drug-likeness (QED) is 0.758. The van der Waals surface area contributed by atoms with E-state index in [0.717, 1.165) is 23.8 Å². The number of aryl methyl sites for hydroxylation is 1. The van der Waals surface area contributed by atoms with E-state index < -0.39 is 0 Å². The molecule has 17 heavy (non-hydrogen) atoms.